The fourth-order valence-corrected chi connectivity index (χ4v) is 9.00. The van der Waals surface area contributed by atoms with Crippen molar-refractivity contribution < 1.29 is 9.59 Å². The Bertz CT molecular complexity index is 530. The van der Waals surface area contributed by atoms with Gasteiger partial charge in [0.2, 0.25) is 0 Å². The second kappa shape index (κ2) is 13.9. The van der Waals surface area contributed by atoms with Gasteiger partial charge < -0.3 is 14.9 Å². The topological polar surface area (TPSA) is 48.2 Å². The fraction of sp³-hybridized carbons (Fsp3) is 0.667. The maximum atomic E-state index is 10.9. The molecule has 28 heavy (non-hydrogen) atoms. The maximum Gasteiger partial charge on any atom is 0.0883 e. The van der Waals surface area contributed by atoms with Crippen LogP contribution in [0.25, 0.3) is 5.32 Å². The van der Waals surface area contributed by atoms with Crippen molar-refractivity contribution in [1.29, 1.82) is 0 Å². The van der Waals surface area contributed by atoms with Gasteiger partial charge >= 0.3 is 0 Å². The Kier molecular flexibility index (Phi) is 12.3. The van der Waals surface area contributed by atoms with Gasteiger partial charge in [0, 0.05) is 18.4 Å². The molecule has 1 aromatic rings. The molecule has 0 bridgehead atoms. The van der Waals surface area contributed by atoms with Crippen LogP contribution in [0.3, 0.4) is 0 Å². The first-order valence-electron chi connectivity index (χ1n) is 11.3. The second-order valence-corrected chi connectivity index (χ2v) is 12.4. The van der Waals surface area contributed by atoms with Crippen LogP contribution in [-0.2, 0) is 0 Å². The van der Waals surface area contributed by atoms with E-state index in [4.69, 9.17) is 0 Å². The van der Waals surface area contributed by atoms with E-state index in [0.717, 1.165) is 0 Å². The zero-order valence-corrected chi connectivity index (χ0v) is 19.4. The van der Waals surface area contributed by atoms with E-state index in [2.05, 4.69) is 33.0 Å². The number of rotatable bonds is 12. The van der Waals surface area contributed by atoms with Crippen LogP contribution in [0.15, 0.2) is 24.3 Å². The second-order valence-electron chi connectivity index (χ2n) is 7.92. The highest BCUT2D eigenvalue weighted by molar-refractivity contribution is 7.75. The predicted octanol–water partition coefficient (Wildman–Crippen LogP) is 7.56. The molecule has 1 heterocycles. The zero-order chi connectivity index (χ0) is 20.8. The van der Waals surface area contributed by atoms with Crippen LogP contribution < -0.4 is 0 Å². The largest absolute Gasteiger partial charge is 0.587 e. The van der Waals surface area contributed by atoms with Crippen LogP contribution in [0.5, 0.6) is 0 Å². The summed E-state index contributed by atoms with van der Waals surface area (Å²) in [6.45, 7) is 9.42. The SMILES string of the molecule is CCCC[P+](CCCC)(CCCC)CCCC.O=C1[N-]C(=O)c2ccccc21. The number of fused-ring (bicyclic) bond motifs is 1. The van der Waals surface area contributed by atoms with E-state index in [-0.39, 0.29) is 0 Å². The smallest absolute Gasteiger partial charge is 0.0883 e. The van der Waals surface area contributed by atoms with E-state index in [1.165, 1.54) is 51.4 Å². The third-order valence-electron chi connectivity index (χ3n) is 5.54. The number of benzene rings is 1. The predicted molar refractivity (Wildman–Crippen MR) is 124 cm³/mol. The van der Waals surface area contributed by atoms with E-state index >= 15 is 0 Å². The Morgan fingerprint density at radius 1 is 0.643 bits per heavy atom. The molecule has 0 N–H and O–H groups in total. The average Bonchev–Trinajstić information content (AvgIpc) is 3.01. The van der Waals surface area contributed by atoms with Gasteiger partial charge in [-0.25, -0.2) is 0 Å². The van der Waals surface area contributed by atoms with Gasteiger partial charge in [-0.2, -0.15) is 0 Å². The van der Waals surface area contributed by atoms with Crippen LogP contribution in [0.4, 0.5) is 0 Å². The number of carbonyl (C=O) groups excluding carboxylic acids is 2. The first kappa shape index (κ1) is 24.8. The van der Waals surface area contributed by atoms with E-state index in [0.29, 0.717) is 11.1 Å². The van der Waals surface area contributed by atoms with Gasteiger partial charge in [-0.3, -0.25) is 0 Å². The lowest BCUT2D eigenvalue weighted by molar-refractivity contribution is 0.0989. The minimum Gasteiger partial charge on any atom is -0.587 e. The van der Waals surface area contributed by atoms with Crippen molar-refractivity contribution in [2.75, 3.05) is 24.6 Å². The standard InChI is InChI=1S/C16H36P.C8H5NO2/c1-5-9-13-17(14-10-6-2,15-11-7-3)16-12-8-4;10-7-5-3-1-2-4-6(5)8(11)9-7/h5-16H2,1-4H3;1-4H,(H,9,10,11)/q+1;/p-1. The molecular formula is C24H40NO2P. The molecule has 158 valence electrons. The number of hydrogen-bond donors (Lipinski definition) is 0. The van der Waals surface area contributed by atoms with Crippen molar-refractivity contribution in [2.45, 2.75) is 79.1 Å². The Morgan fingerprint density at radius 2 is 0.964 bits per heavy atom. The lowest BCUT2D eigenvalue weighted by atomic mass is 10.1. The molecule has 3 nitrogen and oxygen atoms in total. The monoisotopic (exact) mass is 405 g/mol. The van der Waals surface area contributed by atoms with E-state index < -0.39 is 19.1 Å². The molecule has 2 rings (SSSR count). The van der Waals surface area contributed by atoms with Crippen LogP contribution in [0, 0.1) is 0 Å². The van der Waals surface area contributed by atoms with Crippen LogP contribution in [-0.4, -0.2) is 36.5 Å². The van der Waals surface area contributed by atoms with Crippen LogP contribution >= 0.6 is 7.26 Å². The van der Waals surface area contributed by atoms with Gasteiger partial charge in [0.25, 0.3) is 0 Å². The first-order valence-corrected chi connectivity index (χ1v) is 13.8. The molecule has 2 amide bonds. The van der Waals surface area contributed by atoms with Gasteiger partial charge in [0.15, 0.2) is 0 Å². The molecule has 0 radical (unpaired) electrons. The number of imide groups is 1. The molecule has 0 saturated heterocycles. The summed E-state index contributed by atoms with van der Waals surface area (Å²) < 4.78 is 0. The van der Waals surface area contributed by atoms with E-state index in [9.17, 15) is 9.59 Å². The maximum absolute atomic E-state index is 10.9. The highest BCUT2D eigenvalue weighted by Gasteiger charge is 2.34. The van der Waals surface area contributed by atoms with Crippen molar-refractivity contribution in [1.82, 2.24) is 0 Å². The first-order chi connectivity index (χ1) is 13.5. The molecule has 1 aliphatic heterocycles. The summed E-state index contributed by atoms with van der Waals surface area (Å²) in [7, 11) is -0.562. The summed E-state index contributed by atoms with van der Waals surface area (Å²) >= 11 is 0. The van der Waals surface area contributed by atoms with Crippen molar-refractivity contribution in [3.63, 3.8) is 0 Å². The number of unbranched alkanes of at least 4 members (excludes halogenated alkanes) is 4. The fourth-order valence-electron chi connectivity index (χ4n) is 3.71. The van der Waals surface area contributed by atoms with E-state index in [1.807, 2.05) is 0 Å². The van der Waals surface area contributed by atoms with Gasteiger partial charge in [-0.1, -0.05) is 77.6 Å². The molecule has 0 unspecified atom stereocenters. The van der Waals surface area contributed by atoms with Crippen LogP contribution in [0.2, 0.25) is 0 Å². The molecule has 0 saturated carbocycles. The summed E-state index contributed by atoms with van der Waals surface area (Å²) in [5.74, 6) is -0.851. The lowest BCUT2D eigenvalue weighted by Crippen LogP contribution is -2.12. The summed E-state index contributed by atoms with van der Waals surface area (Å²) in [6, 6.07) is 6.63. The zero-order valence-electron chi connectivity index (χ0n) is 18.5. The van der Waals surface area contributed by atoms with Gasteiger partial charge in [0.05, 0.1) is 36.5 Å². The normalized spacial score (nSPS) is 13.0. The Labute approximate surface area is 173 Å². The van der Waals surface area contributed by atoms with Crippen molar-refractivity contribution in [3.05, 3.63) is 40.7 Å². The molecule has 0 spiro atoms. The number of amides is 2. The summed E-state index contributed by atoms with van der Waals surface area (Å²) in [5.41, 5.74) is 0.829. The lowest BCUT2D eigenvalue weighted by Gasteiger charge is -2.28. The molecule has 4 heteroatoms. The summed E-state index contributed by atoms with van der Waals surface area (Å²) in [6.07, 6.45) is 17.9. The molecular weight excluding hydrogens is 365 g/mol. The Hall–Kier alpha value is -1.21. The van der Waals surface area contributed by atoms with Gasteiger partial charge in [0.1, 0.15) is 0 Å². The van der Waals surface area contributed by atoms with Gasteiger partial charge in [-0.05, 0) is 25.7 Å². The third-order valence-corrected chi connectivity index (χ3v) is 10.6. The molecule has 0 fully saturated rings. The van der Waals surface area contributed by atoms with Crippen LogP contribution in [0.1, 0.15) is 99.8 Å². The molecule has 1 aromatic carbocycles. The molecule has 0 aromatic heterocycles. The highest BCUT2D eigenvalue weighted by atomic mass is 31.2. The minimum absolute atomic E-state index is 0.414. The number of carbonyl (C=O) groups is 2. The Morgan fingerprint density at radius 3 is 1.25 bits per heavy atom. The minimum atomic E-state index is -0.562. The molecule has 0 aliphatic carbocycles. The van der Waals surface area contributed by atoms with Gasteiger partial charge in [-0.15, -0.1) is 0 Å². The van der Waals surface area contributed by atoms with Crippen molar-refractivity contribution in [3.8, 4) is 0 Å². The van der Waals surface area contributed by atoms with Crippen molar-refractivity contribution >= 4 is 19.1 Å². The molecule has 0 atom stereocenters. The number of hydrogen-bond acceptors (Lipinski definition) is 2. The Balaban J connectivity index is 0.000000302. The van der Waals surface area contributed by atoms with Crippen molar-refractivity contribution in [2.24, 2.45) is 0 Å². The number of nitrogens with zero attached hydrogens (tertiary/aromatic N) is 1. The van der Waals surface area contributed by atoms with E-state index in [1.54, 1.807) is 48.9 Å². The summed E-state index contributed by atoms with van der Waals surface area (Å²) in [4.78, 5) is 21.8. The average molecular weight is 406 g/mol. The quantitative estimate of drug-likeness (QED) is 0.266. The highest BCUT2D eigenvalue weighted by Crippen LogP contribution is 2.61. The summed E-state index contributed by atoms with van der Waals surface area (Å²) in [5, 5.41) is 3.28. The molecule has 1 aliphatic rings. The third kappa shape index (κ3) is 8.03.